The molecule has 1 heterocycles. The third-order valence-corrected chi connectivity index (χ3v) is 6.35. The third kappa shape index (κ3) is 4.79. The summed E-state index contributed by atoms with van der Waals surface area (Å²) < 4.78 is 31.7. The first kappa shape index (κ1) is 19.4. The van der Waals surface area contributed by atoms with Crippen molar-refractivity contribution in [3.63, 3.8) is 0 Å². The fraction of sp³-hybridized carbons (Fsp3) is 0.529. The fourth-order valence-electron chi connectivity index (χ4n) is 2.84. The molecule has 1 aliphatic rings. The molecule has 0 aliphatic carbocycles. The number of nitrogens with zero attached hydrogens (tertiary/aromatic N) is 2. The van der Waals surface area contributed by atoms with E-state index < -0.39 is 16.0 Å². The molecule has 0 radical (unpaired) electrons. The molecule has 1 amide bonds. The van der Waals surface area contributed by atoms with Crippen molar-refractivity contribution in [3.8, 4) is 0 Å². The Hall–Kier alpha value is -1.93. The zero-order valence-corrected chi connectivity index (χ0v) is 15.4. The van der Waals surface area contributed by atoms with Crippen LogP contribution in [0, 0.1) is 6.92 Å². The van der Waals surface area contributed by atoms with Gasteiger partial charge in [0.05, 0.1) is 18.4 Å². The lowest BCUT2D eigenvalue weighted by Crippen LogP contribution is -2.37. The number of aryl methyl sites for hydroxylation is 1. The van der Waals surface area contributed by atoms with Crippen LogP contribution >= 0.6 is 0 Å². The van der Waals surface area contributed by atoms with E-state index >= 15 is 0 Å². The highest BCUT2D eigenvalue weighted by atomic mass is 32.2. The number of sulfonamides is 1. The Balaban J connectivity index is 2.02. The van der Waals surface area contributed by atoms with Gasteiger partial charge in [-0.05, 0) is 25.0 Å². The summed E-state index contributed by atoms with van der Waals surface area (Å²) in [6, 6.07) is 6.89. The Morgan fingerprint density at radius 1 is 1.08 bits per heavy atom. The van der Waals surface area contributed by atoms with E-state index in [1.54, 1.807) is 36.1 Å². The van der Waals surface area contributed by atoms with Crippen LogP contribution in [0.1, 0.15) is 24.8 Å². The predicted octanol–water partition coefficient (Wildman–Crippen LogP) is 1.17. The highest BCUT2D eigenvalue weighted by Crippen LogP contribution is 2.21. The quantitative estimate of drug-likeness (QED) is 0.729. The van der Waals surface area contributed by atoms with Crippen LogP contribution in [-0.4, -0.2) is 62.8 Å². The molecule has 25 heavy (non-hydrogen) atoms. The Labute approximate surface area is 148 Å². The van der Waals surface area contributed by atoms with Gasteiger partial charge < -0.3 is 9.64 Å². The molecule has 0 unspecified atom stereocenters. The highest BCUT2D eigenvalue weighted by Gasteiger charge is 2.29. The van der Waals surface area contributed by atoms with Crippen LogP contribution in [0.5, 0.6) is 0 Å². The van der Waals surface area contributed by atoms with Crippen LogP contribution in [0.3, 0.4) is 0 Å². The molecule has 1 aliphatic heterocycles. The van der Waals surface area contributed by atoms with Gasteiger partial charge in [-0.2, -0.15) is 4.31 Å². The van der Waals surface area contributed by atoms with Gasteiger partial charge in [0.15, 0.2) is 0 Å². The summed E-state index contributed by atoms with van der Waals surface area (Å²) in [6.45, 7) is 3.20. The second kappa shape index (κ2) is 8.44. The van der Waals surface area contributed by atoms with E-state index in [9.17, 15) is 18.0 Å². The number of ether oxygens (including phenoxy) is 1. The first-order valence-electron chi connectivity index (χ1n) is 8.26. The number of hydrogen-bond donors (Lipinski definition) is 0. The van der Waals surface area contributed by atoms with Crippen LogP contribution in [0.4, 0.5) is 0 Å². The van der Waals surface area contributed by atoms with Crippen molar-refractivity contribution >= 4 is 21.9 Å². The molecule has 0 atom stereocenters. The van der Waals surface area contributed by atoms with E-state index in [4.69, 9.17) is 0 Å². The van der Waals surface area contributed by atoms with Gasteiger partial charge in [-0.1, -0.05) is 18.2 Å². The summed E-state index contributed by atoms with van der Waals surface area (Å²) in [4.78, 5) is 25.3. The summed E-state index contributed by atoms with van der Waals surface area (Å²) in [5.74, 6) is -0.576. The number of esters is 1. The minimum atomic E-state index is -3.57. The predicted molar refractivity (Wildman–Crippen MR) is 92.4 cm³/mol. The maximum Gasteiger partial charge on any atom is 0.306 e. The van der Waals surface area contributed by atoms with Gasteiger partial charge in [-0.3, -0.25) is 9.59 Å². The van der Waals surface area contributed by atoms with Gasteiger partial charge in [0.1, 0.15) is 0 Å². The number of methoxy groups -OCH3 is 1. The maximum atomic E-state index is 12.9. The smallest absolute Gasteiger partial charge is 0.306 e. The third-order valence-electron chi connectivity index (χ3n) is 4.29. The SMILES string of the molecule is COC(=O)CCC(=O)N1CCCN(S(=O)(=O)c2ccccc2C)CC1. The first-order valence-corrected chi connectivity index (χ1v) is 9.70. The molecule has 138 valence electrons. The molecule has 1 saturated heterocycles. The number of hydrogen-bond acceptors (Lipinski definition) is 5. The van der Waals surface area contributed by atoms with Crippen LogP contribution in [0.2, 0.25) is 0 Å². The summed E-state index contributed by atoms with van der Waals surface area (Å²) in [5, 5.41) is 0. The fourth-order valence-corrected chi connectivity index (χ4v) is 4.53. The number of benzene rings is 1. The summed E-state index contributed by atoms with van der Waals surface area (Å²) >= 11 is 0. The molecule has 2 rings (SSSR count). The van der Waals surface area contributed by atoms with Gasteiger partial charge in [0.2, 0.25) is 15.9 Å². The van der Waals surface area contributed by atoms with Crippen molar-refractivity contribution in [3.05, 3.63) is 29.8 Å². The number of amides is 1. The second-order valence-electron chi connectivity index (χ2n) is 5.98. The molecule has 7 nitrogen and oxygen atoms in total. The zero-order valence-electron chi connectivity index (χ0n) is 14.6. The molecule has 1 aromatic carbocycles. The Kier molecular flexibility index (Phi) is 6.55. The van der Waals surface area contributed by atoms with Crippen LogP contribution in [0.15, 0.2) is 29.2 Å². The van der Waals surface area contributed by atoms with Crippen LogP contribution < -0.4 is 0 Å². The lowest BCUT2D eigenvalue weighted by atomic mass is 10.2. The molecule has 1 fully saturated rings. The molecule has 0 saturated carbocycles. The van der Waals surface area contributed by atoms with Gasteiger partial charge >= 0.3 is 5.97 Å². The molecular weight excluding hydrogens is 344 g/mol. The first-order chi connectivity index (χ1) is 11.9. The zero-order chi connectivity index (χ0) is 18.4. The molecule has 8 heteroatoms. The van der Waals surface area contributed by atoms with Crippen molar-refractivity contribution in [1.82, 2.24) is 9.21 Å². The van der Waals surface area contributed by atoms with E-state index in [0.717, 1.165) is 0 Å². The number of rotatable bonds is 5. The van der Waals surface area contributed by atoms with Gasteiger partial charge in [-0.25, -0.2) is 8.42 Å². The minimum Gasteiger partial charge on any atom is -0.469 e. The molecular formula is C17H24N2O5S. The lowest BCUT2D eigenvalue weighted by molar-refractivity contribution is -0.143. The van der Waals surface area contributed by atoms with E-state index in [0.29, 0.717) is 36.5 Å². The van der Waals surface area contributed by atoms with Crippen LogP contribution in [-0.2, 0) is 24.3 Å². The van der Waals surface area contributed by atoms with E-state index in [2.05, 4.69) is 4.74 Å². The standard InChI is InChI=1S/C17H24N2O5S/c1-14-6-3-4-7-15(14)25(22,23)19-11-5-10-18(12-13-19)16(20)8-9-17(21)24-2/h3-4,6-7H,5,8-13H2,1-2H3. The van der Waals surface area contributed by atoms with Gasteiger partial charge in [0, 0.05) is 32.6 Å². The average Bonchev–Trinajstić information content (AvgIpc) is 2.86. The second-order valence-corrected chi connectivity index (χ2v) is 7.89. The van der Waals surface area contributed by atoms with Gasteiger partial charge in [0.25, 0.3) is 0 Å². The van der Waals surface area contributed by atoms with Crippen molar-refractivity contribution in [1.29, 1.82) is 0 Å². The summed E-state index contributed by atoms with van der Waals surface area (Å²) in [7, 11) is -2.29. The van der Waals surface area contributed by atoms with E-state index in [1.165, 1.54) is 11.4 Å². The monoisotopic (exact) mass is 368 g/mol. The summed E-state index contributed by atoms with van der Waals surface area (Å²) in [6.07, 6.45) is 0.684. The maximum absolute atomic E-state index is 12.9. The van der Waals surface area contributed by atoms with Gasteiger partial charge in [-0.15, -0.1) is 0 Å². The van der Waals surface area contributed by atoms with Crippen LogP contribution in [0.25, 0.3) is 0 Å². The van der Waals surface area contributed by atoms with E-state index in [1.807, 2.05) is 0 Å². The molecule has 0 spiro atoms. The Morgan fingerprint density at radius 2 is 1.80 bits per heavy atom. The minimum absolute atomic E-state index is 0.0387. The molecule has 0 N–H and O–H groups in total. The molecule has 0 aromatic heterocycles. The molecule has 1 aromatic rings. The topological polar surface area (TPSA) is 84.0 Å². The lowest BCUT2D eigenvalue weighted by Gasteiger charge is -2.22. The normalized spacial score (nSPS) is 16.3. The molecule has 0 bridgehead atoms. The van der Waals surface area contributed by atoms with E-state index in [-0.39, 0.29) is 25.3 Å². The number of carbonyl (C=O) groups is 2. The average molecular weight is 368 g/mol. The van der Waals surface area contributed by atoms with Crippen molar-refractivity contribution < 1.29 is 22.7 Å². The summed E-state index contributed by atoms with van der Waals surface area (Å²) in [5.41, 5.74) is 0.706. The van der Waals surface area contributed by atoms with Crippen molar-refractivity contribution in [2.75, 3.05) is 33.3 Å². The van der Waals surface area contributed by atoms with Crippen molar-refractivity contribution in [2.24, 2.45) is 0 Å². The number of carbonyl (C=O) groups excluding carboxylic acids is 2. The highest BCUT2D eigenvalue weighted by molar-refractivity contribution is 7.89. The Morgan fingerprint density at radius 3 is 2.48 bits per heavy atom. The largest absolute Gasteiger partial charge is 0.469 e. The Bertz CT molecular complexity index is 732. The van der Waals surface area contributed by atoms with Crippen molar-refractivity contribution in [2.45, 2.75) is 31.1 Å².